The molecule has 0 aliphatic carbocycles. The second-order valence-corrected chi connectivity index (χ2v) is 8.31. The summed E-state index contributed by atoms with van der Waals surface area (Å²) < 4.78 is 26.5. The third-order valence-electron chi connectivity index (χ3n) is 4.59. The highest BCUT2D eigenvalue weighted by molar-refractivity contribution is 7.89. The number of hydrogen-bond acceptors (Lipinski definition) is 3. The Morgan fingerprint density at radius 3 is 2.33 bits per heavy atom. The van der Waals surface area contributed by atoms with Crippen molar-refractivity contribution in [3.05, 3.63) is 24.3 Å². The number of rotatable bonds is 8. The van der Waals surface area contributed by atoms with Crippen molar-refractivity contribution in [1.29, 1.82) is 0 Å². The zero-order chi connectivity index (χ0) is 17.6. The monoisotopic (exact) mass is 352 g/mol. The van der Waals surface area contributed by atoms with Gasteiger partial charge >= 0.3 is 0 Å². The molecule has 1 heterocycles. The maximum absolute atomic E-state index is 12.5. The van der Waals surface area contributed by atoms with Crippen molar-refractivity contribution in [2.75, 3.05) is 18.4 Å². The standard InChI is InChI=1S/C18H28N2O3S/c1-3-5-8-15(4-2)18(21)19-16-9-11-17(12-10-16)24(22,23)20-13-6-7-14-20/h9-12,15H,3-8,13-14H2,1-2H3,(H,19,21)/t15-/m1/s1. The minimum atomic E-state index is -3.40. The van der Waals surface area contributed by atoms with Crippen LogP contribution in [-0.4, -0.2) is 31.7 Å². The number of hydrogen-bond donors (Lipinski definition) is 1. The SMILES string of the molecule is CCCC[C@@H](CC)C(=O)Nc1ccc(S(=O)(=O)N2CCCC2)cc1. The number of nitrogens with one attached hydrogen (secondary N) is 1. The van der Waals surface area contributed by atoms with Crippen LogP contribution < -0.4 is 5.32 Å². The minimum Gasteiger partial charge on any atom is -0.326 e. The fourth-order valence-electron chi connectivity index (χ4n) is 3.00. The molecule has 24 heavy (non-hydrogen) atoms. The predicted molar refractivity (Wildman–Crippen MR) is 96.4 cm³/mol. The first-order chi connectivity index (χ1) is 11.5. The number of nitrogens with zero attached hydrogens (tertiary/aromatic N) is 1. The molecule has 1 aromatic rings. The Labute approximate surface area is 145 Å². The first kappa shape index (κ1) is 18.9. The Morgan fingerprint density at radius 1 is 1.17 bits per heavy atom. The minimum absolute atomic E-state index is 0.0120. The van der Waals surface area contributed by atoms with E-state index in [0.29, 0.717) is 23.7 Å². The van der Waals surface area contributed by atoms with E-state index in [0.717, 1.165) is 38.5 Å². The molecule has 1 fully saturated rings. The Morgan fingerprint density at radius 2 is 1.79 bits per heavy atom. The van der Waals surface area contributed by atoms with Crippen molar-refractivity contribution < 1.29 is 13.2 Å². The van der Waals surface area contributed by atoms with Gasteiger partial charge in [0.15, 0.2) is 0 Å². The molecular weight excluding hydrogens is 324 g/mol. The molecule has 1 saturated heterocycles. The normalized spacial score (nSPS) is 16.9. The quantitative estimate of drug-likeness (QED) is 0.777. The van der Waals surface area contributed by atoms with E-state index < -0.39 is 10.0 Å². The molecule has 0 unspecified atom stereocenters. The molecular formula is C18H28N2O3S. The van der Waals surface area contributed by atoms with E-state index in [4.69, 9.17) is 0 Å². The van der Waals surface area contributed by atoms with Crippen LogP contribution in [0, 0.1) is 5.92 Å². The van der Waals surface area contributed by atoms with Crippen LogP contribution in [0.15, 0.2) is 29.2 Å². The zero-order valence-electron chi connectivity index (χ0n) is 14.6. The molecule has 1 amide bonds. The highest BCUT2D eigenvalue weighted by Crippen LogP contribution is 2.23. The van der Waals surface area contributed by atoms with E-state index in [9.17, 15) is 13.2 Å². The summed E-state index contributed by atoms with van der Waals surface area (Å²) in [7, 11) is -3.40. The summed E-state index contributed by atoms with van der Waals surface area (Å²) in [6.07, 6.45) is 5.66. The summed E-state index contributed by atoms with van der Waals surface area (Å²) in [4.78, 5) is 12.6. The van der Waals surface area contributed by atoms with Crippen LogP contribution in [0.1, 0.15) is 52.4 Å². The molecule has 2 rings (SSSR count). The van der Waals surface area contributed by atoms with Gasteiger partial charge in [-0.25, -0.2) is 8.42 Å². The Bertz CT molecular complexity index is 635. The molecule has 1 aliphatic rings. The number of unbranched alkanes of at least 4 members (excludes halogenated alkanes) is 1. The number of carbonyl (C=O) groups is 1. The van der Waals surface area contributed by atoms with Gasteiger partial charge in [0, 0.05) is 24.7 Å². The molecule has 1 atom stereocenters. The lowest BCUT2D eigenvalue weighted by atomic mass is 9.98. The van der Waals surface area contributed by atoms with Crippen molar-refractivity contribution in [3.8, 4) is 0 Å². The van der Waals surface area contributed by atoms with Crippen LogP contribution in [0.2, 0.25) is 0 Å². The fraction of sp³-hybridized carbons (Fsp3) is 0.611. The summed E-state index contributed by atoms with van der Waals surface area (Å²) in [5.74, 6) is 0.0269. The Kier molecular flexibility index (Phi) is 6.80. The number of amides is 1. The predicted octanol–water partition coefficient (Wildman–Crippen LogP) is 3.63. The molecule has 0 spiro atoms. The number of benzene rings is 1. The van der Waals surface area contributed by atoms with Crippen LogP contribution >= 0.6 is 0 Å². The lowest BCUT2D eigenvalue weighted by molar-refractivity contribution is -0.120. The van der Waals surface area contributed by atoms with E-state index in [1.807, 2.05) is 6.92 Å². The van der Waals surface area contributed by atoms with Gasteiger partial charge in [0.1, 0.15) is 0 Å². The van der Waals surface area contributed by atoms with Gasteiger partial charge in [-0.15, -0.1) is 0 Å². The van der Waals surface area contributed by atoms with Gasteiger partial charge in [-0.1, -0.05) is 26.7 Å². The van der Waals surface area contributed by atoms with Crippen molar-refractivity contribution in [3.63, 3.8) is 0 Å². The molecule has 1 aromatic carbocycles. The third-order valence-corrected chi connectivity index (χ3v) is 6.51. The van der Waals surface area contributed by atoms with Crippen molar-refractivity contribution >= 4 is 21.6 Å². The highest BCUT2D eigenvalue weighted by atomic mass is 32.2. The van der Waals surface area contributed by atoms with Crippen LogP contribution in [-0.2, 0) is 14.8 Å². The molecule has 1 N–H and O–H groups in total. The number of sulfonamides is 1. The summed E-state index contributed by atoms with van der Waals surface area (Å²) in [5, 5.41) is 2.90. The largest absolute Gasteiger partial charge is 0.326 e. The summed E-state index contributed by atoms with van der Waals surface area (Å²) in [6, 6.07) is 6.51. The van der Waals surface area contributed by atoms with Gasteiger partial charge < -0.3 is 5.32 Å². The maximum Gasteiger partial charge on any atom is 0.243 e. The second-order valence-electron chi connectivity index (χ2n) is 6.37. The van der Waals surface area contributed by atoms with Crippen LogP contribution in [0.3, 0.4) is 0 Å². The number of carbonyl (C=O) groups excluding carboxylic acids is 1. The zero-order valence-corrected chi connectivity index (χ0v) is 15.4. The van der Waals surface area contributed by atoms with E-state index >= 15 is 0 Å². The smallest absolute Gasteiger partial charge is 0.243 e. The summed E-state index contributed by atoms with van der Waals surface area (Å²) >= 11 is 0. The Hall–Kier alpha value is -1.40. The van der Waals surface area contributed by atoms with Crippen LogP contribution in [0.4, 0.5) is 5.69 Å². The van der Waals surface area contributed by atoms with Gasteiger partial charge in [-0.2, -0.15) is 4.31 Å². The van der Waals surface area contributed by atoms with Crippen LogP contribution in [0.25, 0.3) is 0 Å². The first-order valence-corrected chi connectivity index (χ1v) is 10.3. The molecule has 0 saturated carbocycles. The van der Waals surface area contributed by atoms with Gasteiger partial charge in [0.25, 0.3) is 0 Å². The molecule has 6 heteroatoms. The number of anilines is 1. The first-order valence-electron chi connectivity index (χ1n) is 8.90. The van der Waals surface area contributed by atoms with Crippen molar-refractivity contribution in [2.24, 2.45) is 5.92 Å². The van der Waals surface area contributed by atoms with E-state index in [2.05, 4.69) is 12.2 Å². The van der Waals surface area contributed by atoms with Crippen LogP contribution in [0.5, 0.6) is 0 Å². The van der Waals surface area contributed by atoms with Gasteiger partial charge in [-0.3, -0.25) is 4.79 Å². The maximum atomic E-state index is 12.5. The van der Waals surface area contributed by atoms with Gasteiger partial charge in [0.05, 0.1) is 4.90 Å². The lowest BCUT2D eigenvalue weighted by Crippen LogP contribution is -2.27. The molecule has 0 radical (unpaired) electrons. The fourth-order valence-corrected chi connectivity index (χ4v) is 4.52. The molecule has 134 valence electrons. The van der Waals surface area contributed by atoms with E-state index in [-0.39, 0.29) is 11.8 Å². The summed E-state index contributed by atoms with van der Waals surface area (Å²) in [5.41, 5.74) is 0.648. The topological polar surface area (TPSA) is 66.5 Å². The average molecular weight is 353 g/mol. The Balaban J connectivity index is 2.02. The van der Waals surface area contributed by atoms with E-state index in [1.54, 1.807) is 24.3 Å². The average Bonchev–Trinajstić information content (AvgIpc) is 3.11. The molecule has 0 bridgehead atoms. The third kappa shape index (κ3) is 4.57. The van der Waals surface area contributed by atoms with Gasteiger partial charge in [0.2, 0.25) is 15.9 Å². The molecule has 0 aromatic heterocycles. The van der Waals surface area contributed by atoms with E-state index in [1.165, 1.54) is 4.31 Å². The van der Waals surface area contributed by atoms with Crippen molar-refractivity contribution in [2.45, 2.75) is 57.3 Å². The van der Waals surface area contributed by atoms with Gasteiger partial charge in [-0.05, 0) is 49.9 Å². The second kappa shape index (κ2) is 8.62. The highest BCUT2D eigenvalue weighted by Gasteiger charge is 2.27. The molecule has 1 aliphatic heterocycles. The molecule has 5 nitrogen and oxygen atoms in total. The summed E-state index contributed by atoms with van der Waals surface area (Å²) in [6.45, 7) is 5.32. The lowest BCUT2D eigenvalue weighted by Gasteiger charge is -2.17. The van der Waals surface area contributed by atoms with Crippen molar-refractivity contribution in [1.82, 2.24) is 4.31 Å².